The minimum Gasteiger partial charge on any atom is -0.493 e. The van der Waals surface area contributed by atoms with Crippen molar-refractivity contribution in [2.75, 3.05) is 18.2 Å². The van der Waals surface area contributed by atoms with Crippen LogP contribution in [0.3, 0.4) is 0 Å². The van der Waals surface area contributed by atoms with E-state index in [4.69, 9.17) is 25.5 Å². The van der Waals surface area contributed by atoms with Gasteiger partial charge in [0.15, 0.2) is 11.5 Å². The van der Waals surface area contributed by atoms with Gasteiger partial charge in [0.25, 0.3) is 5.91 Å². The monoisotopic (exact) mass is 518 g/mol. The maximum atomic E-state index is 12.6. The first-order valence-electron chi connectivity index (χ1n) is 9.83. The number of nitrogens with zero attached hydrogens (tertiary/aromatic N) is 3. The highest BCUT2D eigenvalue weighted by Gasteiger charge is 2.19. The molecule has 176 valence electrons. The van der Waals surface area contributed by atoms with Gasteiger partial charge in [-0.2, -0.15) is 14.6 Å². The summed E-state index contributed by atoms with van der Waals surface area (Å²) in [6.45, 7) is 4.17. The Morgan fingerprint density at radius 2 is 2.21 bits per heavy atom. The van der Waals surface area contributed by atoms with E-state index in [2.05, 4.69) is 28.5 Å². The second-order valence-corrected chi connectivity index (χ2v) is 9.26. The van der Waals surface area contributed by atoms with Crippen molar-refractivity contribution in [3.8, 4) is 17.6 Å². The van der Waals surface area contributed by atoms with Crippen molar-refractivity contribution in [1.29, 1.82) is 5.26 Å². The highest BCUT2D eigenvalue weighted by atomic mass is 35.5. The Balaban J connectivity index is 1.77. The zero-order chi connectivity index (χ0) is 24.7. The van der Waals surface area contributed by atoms with Crippen LogP contribution in [0.1, 0.15) is 30.0 Å². The number of carbonyl (C=O) groups is 2. The van der Waals surface area contributed by atoms with Crippen LogP contribution in [-0.2, 0) is 4.79 Å². The van der Waals surface area contributed by atoms with Crippen molar-refractivity contribution in [2.24, 2.45) is 5.92 Å². The number of rotatable bonds is 9. The van der Waals surface area contributed by atoms with E-state index in [9.17, 15) is 14.9 Å². The van der Waals surface area contributed by atoms with E-state index in [0.717, 1.165) is 17.3 Å². The molecule has 0 saturated carbocycles. The number of methoxy groups -OCH3 is 1. The van der Waals surface area contributed by atoms with Crippen molar-refractivity contribution in [3.63, 3.8) is 0 Å². The average Bonchev–Trinajstić information content (AvgIpc) is 3.49. The van der Waals surface area contributed by atoms with Gasteiger partial charge in [-0.05, 0) is 41.8 Å². The standard InChI is InChI=1S/C22H19ClN4O5S2/c1-12(2)11-33-22-26-21(34-27-22)25-19(28)14(10-24)7-13-8-15(23)18(17(9-13)30-3)32-20(29)16-5-4-6-31-16/h4-9,12H,11H2,1-3H3,(H,25,26,27,28). The molecule has 0 aliphatic rings. The lowest BCUT2D eigenvalue weighted by Crippen LogP contribution is -2.13. The fraction of sp³-hybridized carbons (Fsp3) is 0.227. The molecule has 0 atom stereocenters. The SMILES string of the molecule is COc1cc(C=C(C#N)C(=O)Nc2nc(SCC(C)C)ns2)cc(Cl)c1OC(=O)c1ccco1. The average molecular weight is 519 g/mol. The molecule has 12 heteroatoms. The Morgan fingerprint density at radius 3 is 2.85 bits per heavy atom. The third-order valence-corrected chi connectivity index (χ3v) is 6.32. The minimum absolute atomic E-state index is 0.00651. The van der Waals surface area contributed by atoms with Crippen LogP contribution in [0.4, 0.5) is 5.13 Å². The maximum absolute atomic E-state index is 12.6. The molecule has 0 fully saturated rings. The van der Waals surface area contributed by atoms with Gasteiger partial charge < -0.3 is 13.9 Å². The van der Waals surface area contributed by atoms with Gasteiger partial charge in [0.05, 0.1) is 18.4 Å². The summed E-state index contributed by atoms with van der Waals surface area (Å²) in [5.74, 6) is 0.0221. The molecule has 2 heterocycles. The van der Waals surface area contributed by atoms with Crippen LogP contribution in [0, 0.1) is 17.2 Å². The third kappa shape index (κ3) is 6.60. The highest BCUT2D eigenvalue weighted by Crippen LogP contribution is 2.37. The molecular weight excluding hydrogens is 500 g/mol. The van der Waals surface area contributed by atoms with Crippen LogP contribution in [0.5, 0.6) is 11.5 Å². The number of anilines is 1. The molecule has 0 bridgehead atoms. The number of carbonyl (C=O) groups excluding carboxylic acids is 2. The number of hydrogen-bond donors (Lipinski definition) is 1. The Bertz CT molecular complexity index is 1250. The van der Waals surface area contributed by atoms with Crippen LogP contribution in [0.2, 0.25) is 5.02 Å². The first-order chi connectivity index (χ1) is 16.3. The quantitative estimate of drug-likeness (QED) is 0.132. The van der Waals surface area contributed by atoms with Crippen LogP contribution >= 0.6 is 34.9 Å². The topological polar surface area (TPSA) is 127 Å². The van der Waals surface area contributed by atoms with Gasteiger partial charge in [0, 0.05) is 17.3 Å². The molecular formula is C22H19ClN4O5S2. The second kappa shape index (κ2) is 11.7. The van der Waals surface area contributed by atoms with Crippen molar-refractivity contribution >= 4 is 58.0 Å². The molecule has 0 spiro atoms. The lowest BCUT2D eigenvalue weighted by atomic mass is 10.1. The summed E-state index contributed by atoms with van der Waals surface area (Å²) >= 11 is 8.81. The number of thioether (sulfide) groups is 1. The zero-order valence-corrected chi connectivity index (χ0v) is 20.7. The summed E-state index contributed by atoms with van der Waals surface area (Å²) in [6.07, 6.45) is 2.67. The molecule has 3 aromatic rings. The number of amides is 1. The second-order valence-electron chi connectivity index (χ2n) is 7.11. The van der Waals surface area contributed by atoms with Crippen LogP contribution in [0.15, 0.2) is 45.7 Å². The number of nitrogens with one attached hydrogen (secondary N) is 1. The number of benzene rings is 1. The number of aromatic nitrogens is 2. The molecule has 0 aliphatic carbocycles. The number of furan rings is 1. The summed E-state index contributed by atoms with van der Waals surface area (Å²) in [4.78, 5) is 29.0. The molecule has 9 nitrogen and oxygen atoms in total. The molecule has 0 aliphatic heterocycles. The summed E-state index contributed by atoms with van der Waals surface area (Å²) < 4.78 is 19.8. The fourth-order valence-electron chi connectivity index (χ4n) is 2.50. The van der Waals surface area contributed by atoms with Gasteiger partial charge >= 0.3 is 5.97 Å². The summed E-state index contributed by atoms with van der Waals surface area (Å²) in [5.41, 5.74) is 0.196. The van der Waals surface area contributed by atoms with E-state index in [0.29, 0.717) is 16.6 Å². The van der Waals surface area contributed by atoms with E-state index >= 15 is 0 Å². The van der Waals surface area contributed by atoms with Crippen molar-refractivity contribution in [1.82, 2.24) is 9.36 Å². The predicted molar refractivity (Wildman–Crippen MR) is 129 cm³/mol. The van der Waals surface area contributed by atoms with Gasteiger partial charge in [-0.15, -0.1) is 0 Å². The lowest BCUT2D eigenvalue weighted by molar-refractivity contribution is -0.112. The Morgan fingerprint density at radius 1 is 1.41 bits per heavy atom. The van der Waals surface area contributed by atoms with Crippen molar-refractivity contribution < 1.29 is 23.5 Å². The molecule has 2 aromatic heterocycles. The van der Waals surface area contributed by atoms with E-state index < -0.39 is 11.9 Å². The maximum Gasteiger partial charge on any atom is 0.379 e. The first-order valence-corrected chi connectivity index (χ1v) is 12.0. The molecule has 0 radical (unpaired) electrons. The Kier molecular flexibility index (Phi) is 8.70. The minimum atomic E-state index is -0.756. The molecule has 1 N–H and O–H groups in total. The van der Waals surface area contributed by atoms with E-state index in [1.807, 2.05) is 6.07 Å². The number of esters is 1. The largest absolute Gasteiger partial charge is 0.493 e. The van der Waals surface area contributed by atoms with Gasteiger partial charge in [-0.3, -0.25) is 10.1 Å². The molecule has 0 unspecified atom stereocenters. The van der Waals surface area contributed by atoms with Crippen LogP contribution in [-0.4, -0.2) is 34.1 Å². The number of nitriles is 1. The normalized spacial score (nSPS) is 11.2. The lowest BCUT2D eigenvalue weighted by Gasteiger charge is -2.11. The molecule has 1 amide bonds. The van der Waals surface area contributed by atoms with E-state index in [-0.39, 0.29) is 33.0 Å². The number of hydrogen-bond acceptors (Lipinski definition) is 10. The molecule has 3 rings (SSSR count). The summed E-state index contributed by atoms with van der Waals surface area (Å²) in [7, 11) is 1.37. The first kappa shape index (κ1) is 25.3. The smallest absolute Gasteiger partial charge is 0.379 e. The van der Waals surface area contributed by atoms with Crippen molar-refractivity contribution in [2.45, 2.75) is 19.0 Å². The van der Waals surface area contributed by atoms with Gasteiger partial charge in [-0.25, -0.2) is 4.79 Å². The molecule has 0 saturated heterocycles. The predicted octanol–water partition coefficient (Wildman–Crippen LogP) is 5.31. The molecule has 1 aromatic carbocycles. The third-order valence-electron chi connectivity index (χ3n) is 4.02. The highest BCUT2D eigenvalue weighted by molar-refractivity contribution is 7.99. The summed E-state index contributed by atoms with van der Waals surface area (Å²) in [6, 6.07) is 7.77. The number of halogens is 1. The number of ether oxygens (including phenoxy) is 2. The van der Waals surface area contributed by atoms with E-state index in [1.54, 1.807) is 6.07 Å². The van der Waals surface area contributed by atoms with Crippen LogP contribution < -0.4 is 14.8 Å². The molecule has 34 heavy (non-hydrogen) atoms. The Hall–Kier alpha value is -3.33. The Labute approximate surface area is 208 Å². The van der Waals surface area contributed by atoms with Gasteiger partial charge in [0.2, 0.25) is 16.0 Å². The van der Waals surface area contributed by atoms with Gasteiger partial charge in [0.1, 0.15) is 11.6 Å². The van der Waals surface area contributed by atoms with E-state index in [1.165, 1.54) is 49.4 Å². The summed E-state index contributed by atoms with van der Waals surface area (Å²) in [5, 5.41) is 13.0. The van der Waals surface area contributed by atoms with Crippen LogP contribution in [0.25, 0.3) is 6.08 Å². The van der Waals surface area contributed by atoms with Gasteiger partial charge in [-0.1, -0.05) is 37.2 Å². The van der Waals surface area contributed by atoms with Crippen molar-refractivity contribution in [3.05, 3.63) is 52.4 Å². The fourth-order valence-corrected chi connectivity index (χ4v) is 4.25. The zero-order valence-electron chi connectivity index (χ0n) is 18.3.